The molecule has 1 unspecified atom stereocenters. The zero-order chi connectivity index (χ0) is 15.6. The lowest BCUT2D eigenvalue weighted by atomic mass is 10.0. The molecule has 1 aliphatic heterocycles. The van der Waals surface area contributed by atoms with Crippen LogP contribution < -0.4 is 0 Å². The Hall–Kier alpha value is -0.820. The third kappa shape index (κ3) is 3.88. The highest BCUT2D eigenvalue weighted by molar-refractivity contribution is 7.89. The van der Waals surface area contributed by atoms with E-state index in [0.717, 1.165) is 6.42 Å². The van der Waals surface area contributed by atoms with E-state index >= 15 is 0 Å². The minimum atomic E-state index is -3.80. The molecule has 0 aliphatic carbocycles. The van der Waals surface area contributed by atoms with Gasteiger partial charge < -0.3 is 5.11 Å². The van der Waals surface area contributed by atoms with Crippen molar-refractivity contribution in [3.63, 3.8) is 0 Å². The summed E-state index contributed by atoms with van der Waals surface area (Å²) in [6.07, 6.45) is 1.87. The van der Waals surface area contributed by atoms with Gasteiger partial charge in [0.25, 0.3) is 0 Å². The van der Waals surface area contributed by atoms with E-state index in [1.165, 1.54) is 22.5 Å². The van der Waals surface area contributed by atoms with Crippen LogP contribution in [0.25, 0.3) is 0 Å². The van der Waals surface area contributed by atoms with Crippen molar-refractivity contribution in [3.05, 3.63) is 28.2 Å². The average molecular weight is 352 g/mol. The largest absolute Gasteiger partial charge is 0.481 e. The SMILES string of the molecule is O=C(O)CC1CCCCN1S(=O)(=O)c1cc(Cl)cc(Cl)c1. The van der Waals surface area contributed by atoms with Crippen LogP contribution in [0.3, 0.4) is 0 Å². The van der Waals surface area contributed by atoms with E-state index in [0.29, 0.717) is 19.4 Å². The molecule has 116 valence electrons. The lowest BCUT2D eigenvalue weighted by Gasteiger charge is -2.33. The molecule has 1 fully saturated rings. The van der Waals surface area contributed by atoms with Gasteiger partial charge in [-0.05, 0) is 31.0 Å². The summed E-state index contributed by atoms with van der Waals surface area (Å²) in [5.74, 6) is -1.01. The van der Waals surface area contributed by atoms with Gasteiger partial charge in [0.15, 0.2) is 0 Å². The molecule has 0 spiro atoms. The quantitative estimate of drug-likeness (QED) is 0.904. The topological polar surface area (TPSA) is 74.7 Å². The number of carboxylic acids is 1. The maximum Gasteiger partial charge on any atom is 0.304 e. The second-order valence-corrected chi connectivity index (χ2v) is 7.73. The molecule has 21 heavy (non-hydrogen) atoms. The van der Waals surface area contributed by atoms with E-state index in [1.807, 2.05) is 0 Å². The number of aliphatic carboxylic acids is 1. The van der Waals surface area contributed by atoms with Gasteiger partial charge >= 0.3 is 5.97 Å². The number of halogens is 2. The summed E-state index contributed by atoms with van der Waals surface area (Å²) in [7, 11) is -3.80. The Morgan fingerprint density at radius 3 is 2.43 bits per heavy atom. The van der Waals surface area contributed by atoms with Crippen molar-refractivity contribution in [2.24, 2.45) is 0 Å². The summed E-state index contributed by atoms with van der Waals surface area (Å²) in [6.45, 7) is 0.310. The minimum absolute atomic E-state index is 0.00251. The number of piperidine rings is 1. The fourth-order valence-corrected chi connectivity index (χ4v) is 4.93. The molecule has 1 aliphatic rings. The lowest BCUT2D eigenvalue weighted by Crippen LogP contribution is -2.44. The first-order valence-corrected chi connectivity index (χ1v) is 8.70. The fraction of sp³-hybridized carbons (Fsp3) is 0.462. The monoisotopic (exact) mass is 351 g/mol. The first kappa shape index (κ1) is 16.5. The van der Waals surface area contributed by atoms with Crippen LogP contribution in [0.2, 0.25) is 10.0 Å². The van der Waals surface area contributed by atoms with Gasteiger partial charge in [0.1, 0.15) is 0 Å². The summed E-state index contributed by atoms with van der Waals surface area (Å²) < 4.78 is 26.7. The van der Waals surface area contributed by atoms with Gasteiger partial charge in [-0.1, -0.05) is 29.6 Å². The lowest BCUT2D eigenvalue weighted by molar-refractivity contribution is -0.138. The van der Waals surface area contributed by atoms with Crippen molar-refractivity contribution in [2.75, 3.05) is 6.54 Å². The molecule has 1 saturated heterocycles. The molecule has 8 heteroatoms. The second kappa shape index (κ2) is 6.52. The number of sulfonamides is 1. The number of hydrogen-bond donors (Lipinski definition) is 1. The van der Waals surface area contributed by atoms with Gasteiger partial charge in [0, 0.05) is 22.6 Å². The fourth-order valence-electron chi connectivity index (χ4n) is 2.51. The number of nitrogens with zero attached hydrogens (tertiary/aromatic N) is 1. The predicted molar refractivity (Wildman–Crippen MR) is 80.2 cm³/mol. The summed E-state index contributed by atoms with van der Waals surface area (Å²) in [5, 5.41) is 9.40. The van der Waals surface area contributed by atoms with Gasteiger partial charge in [-0.25, -0.2) is 8.42 Å². The number of carboxylic acid groups (broad SMARTS) is 1. The Balaban J connectivity index is 2.37. The molecule has 1 aromatic rings. The van der Waals surface area contributed by atoms with E-state index in [2.05, 4.69) is 0 Å². The molecule has 1 N–H and O–H groups in total. The van der Waals surface area contributed by atoms with Crippen molar-refractivity contribution in [1.29, 1.82) is 0 Å². The molecule has 0 bridgehead atoms. The number of hydrogen-bond acceptors (Lipinski definition) is 3. The molecule has 1 atom stereocenters. The van der Waals surface area contributed by atoms with Gasteiger partial charge in [-0.2, -0.15) is 4.31 Å². The Morgan fingerprint density at radius 1 is 1.24 bits per heavy atom. The molecule has 0 amide bonds. The Morgan fingerprint density at radius 2 is 1.86 bits per heavy atom. The number of rotatable bonds is 4. The Bertz CT molecular complexity index is 627. The molecule has 1 aromatic carbocycles. The third-order valence-electron chi connectivity index (χ3n) is 3.43. The van der Waals surface area contributed by atoms with Crippen molar-refractivity contribution in [3.8, 4) is 0 Å². The summed E-state index contributed by atoms with van der Waals surface area (Å²) in [5.41, 5.74) is 0. The molecule has 0 aromatic heterocycles. The van der Waals surface area contributed by atoms with Crippen LogP contribution in [0.5, 0.6) is 0 Å². The minimum Gasteiger partial charge on any atom is -0.481 e. The van der Waals surface area contributed by atoms with Crippen LogP contribution in [-0.2, 0) is 14.8 Å². The zero-order valence-electron chi connectivity index (χ0n) is 11.1. The maximum absolute atomic E-state index is 12.7. The van der Waals surface area contributed by atoms with Crippen molar-refractivity contribution in [2.45, 2.75) is 36.6 Å². The van der Waals surface area contributed by atoms with Gasteiger partial charge in [0.05, 0.1) is 11.3 Å². The summed E-state index contributed by atoms with van der Waals surface area (Å²) in [6, 6.07) is 3.58. The zero-order valence-corrected chi connectivity index (χ0v) is 13.5. The van der Waals surface area contributed by atoms with E-state index in [9.17, 15) is 13.2 Å². The molecule has 2 rings (SSSR count). The highest BCUT2D eigenvalue weighted by Crippen LogP contribution is 2.30. The summed E-state index contributed by atoms with van der Waals surface area (Å²) in [4.78, 5) is 10.9. The summed E-state index contributed by atoms with van der Waals surface area (Å²) >= 11 is 11.7. The molecule has 1 heterocycles. The average Bonchev–Trinajstić information content (AvgIpc) is 2.37. The van der Waals surface area contributed by atoms with Gasteiger partial charge in [-0.3, -0.25) is 4.79 Å². The first-order valence-electron chi connectivity index (χ1n) is 6.50. The number of benzene rings is 1. The second-order valence-electron chi connectivity index (χ2n) is 4.97. The molecule has 0 radical (unpaired) electrons. The standard InChI is InChI=1S/C13H15Cl2NO4S/c14-9-5-10(15)7-12(6-9)21(19,20)16-4-2-1-3-11(16)8-13(17)18/h5-7,11H,1-4,8H2,(H,17,18). The van der Waals surface area contributed by atoms with E-state index in [-0.39, 0.29) is 21.4 Å². The Labute approximate surface area is 133 Å². The van der Waals surface area contributed by atoms with Gasteiger partial charge in [-0.15, -0.1) is 0 Å². The maximum atomic E-state index is 12.7. The highest BCUT2D eigenvalue weighted by Gasteiger charge is 2.34. The normalized spacial score (nSPS) is 20.4. The van der Waals surface area contributed by atoms with Crippen LogP contribution in [0.15, 0.2) is 23.1 Å². The van der Waals surface area contributed by atoms with Crippen LogP contribution in [0, 0.1) is 0 Å². The first-order chi connectivity index (χ1) is 9.80. The van der Waals surface area contributed by atoms with Crippen LogP contribution in [-0.4, -0.2) is 36.4 Å². The van der Waals surface area contributed by atoms with Crippen molar-refractivity contribution < 1.29 is 18.3 Å². The van der Waals surface area contributed by atoms with Crippen LogP contribution >= 0.6 is 23.2 Å². The van der Waals surface area contributed by atoms with E-state index in [4.69, 9.17) is 28.3 Å². The third-order valence-corrected chi connectivity index (χ3v) is 5.79. The number of carbonyl (C=O) groups is 1. The molecule has 0 saturated carbocycles. The van der Waals surface area contributed by atoms with Crippen molar-refractivity contribution >= 4 is 39.2 Å². The van der Waals surface area contributed by atoms with Crippen LogP contribution in [0.1, 0.15) is 25.7 Å². The van der Waals surface area contributed by atoms with Crippen molar-refractivity contribution in [1.82, 2.24) is 4.31 Å². The van der Waals surface area contributed by atoms with E-state index < -0.39 is 22.0 Å². The highest BCUT2D eigenvalue weighted by atomic mass is 35.5. The Kier molecular flexibility index (Phi) is 5.14. The van der Waals surface area contributed by atoms with E-state index in [1.54, 1.807) is 0 Å². The molecular formula is C13H15Cl2NO4S. The smallest absolute Gasteiger partial charge is 0.304 e. The predicted octanol–water partition coefficient (Wildman–Crippen LogP) is 3.01. The molecule has 5 nitrogen and oxygen atoms in total. The molecular weight excluding hydrogens is 337 g/mol. The van der Waals surface area contributed by atoms with Gasteiger partial charge in [0.2, 0.25) is 10.0 Å². The van der Waals surface area contributed by atoms with Crippen LogP contribution in [0.4, 0.5) is 0 Å².